The third-order valence-electron chi connectivity index (χ3n) is 10.2. The molecule has 0 bridgehead atoms. The van der Waals surface area contributed by atoms with Crippen molar-refractivity contribution in [3.05, 3.63) is 229 Å². The zero-order valence-corrected chi connectivity index (χ0v) is 30.4. The van der Waals surface area contributed by atoms with Crippen molar-refractivity contribution < 1.29 is 0 Å². The van der Waals surface area contributed by atoms with E-state index in [9.17, 15) is 0 Å². The Hall–Kier alpha value is -7.92. The summed E-state index contributed by atoms with van der Waals surface area (Å²) in [4.78, 5) is 12.1. The van der Waals surface area contributed by atoms with E-state index in [4.69, 9.17) is 13.1 Å². The zero-order chi connectivity index (χ0) is 37.8. The van der Waals surface area contributed by atoms with Gasteiger partial charge in [0.25, 0.3) is 0 Å². The summed E-state index contributed by atoms with van der Waals surface area (Å²) >= 11 is 0. The Bertz CT molecular complexity index is 2890. The Kier molecular flexibility index (Phi) is 8.98. The highest BCUT2D eigenvalue weighted by molar-refractivity contribution is 6.22. The minimum Gasteiger partial charge on any atom is -0.311 e. The molecule has 9 aromatic carbocycles. The molecule has 4 heteroatoms. The van der Waals surface area contributed by atoms with E-state index < -0.39 is 0 Å². The van der Waals surface area contributed by atoms with Crippen LogP contribution in [0.1, 0.15) is 0 Å². The molecule has 9 aromatic rings. The minimum atomic E-state index is 0.593. The summed E-state index contributed by atoms with van der Waals surface area (Å²) in [6.07, 6.45) is 0. The molecule has 0 atom stereocenters. The minimum absolute atomic E-state index is 0.593. The Morgan fingerprint density at radius 3 is 1.09 bits per heavy atom. The summed E-state index contributed by atoms with van der Waals surface area (Å²) < 4.78 is 0. The van der Waals surface area contributed by atoms with Gasteiger partial charge in [0, 0.05) is 34.1 Å². The van der Waals surface area contributed by atoms with Crippen molar-refractivity contribution in [1.82, 2.24) is 0 Å². The number of benzene rings is 9. The van der Waals surface area contributed by atoms with Gasteiger partial charge in [0.1, 0.15) is 0 Å². The second kappa shape index (κ2) is 14.8. The Labute approximate surface area is 327 Å². The highest BCUT2D eigenvalue weighted by Crippen LogP contribution is 2.47. The molecular weight excluding hydrogens is 681 g/mol. The van der Waals surface area contributed by atoms with Crippen molar-refractivity contribution in [3.8, 4) is 22.3 Å². The number of rotatable bonds is 8. The predicted octanol–water partition coefficient (Wildman–Crippen LogP) is 15.4. The average molecular weight is 715 g/mol. The van der Waals surface area contributed by atoms with Crippen LogP contribution in [0.3, 0.4) is 0 Å². The lowest BCUT2D eigenvalue weighted by molar-refractivity contribution is 1.26. The second-order valence-electron chi connectivity index (χ2n) is 13.5. The summed E-state index contributed by atoms with van der Waals surface area (Å²) in [5.74, 6) is 0. The molecule has 0 heterocycles. The van der Waals surface area contributed by atoms with E-state index in [-0.39, 0.29) is 0 Å². The number of para-hydroxylation sites is 3. The van der Waals surface area contributed by atoms with Gasteiger partial charge in [0.2, 0.25) is 0 Å². The van der Waals surface area contributed by atoms with Crippen LogP contribution in [0.15, 0.2) is 206 Å². The Balaban J connectivity index is 1.28. The Morgan fingerprint density at radius 2 is 0.643 bits per heavy atom. The van der Waals surface area contributed by atoms with E-state index in [0.29, 0.717) is 11.4 Å². The van der Waals surface area contributed by atoms with Crippen LogP contribution in [0.4, 0.5) is 45.5 Å². The zero-order valence-electron chi connectivity index (χ0n) is 30.4. The molecule has 0 saturated heterocycles. The lowest BCUT2D eigenvalue weighted by Gasteiger charge is -2.29. The molecule has 0 fully saturated rings. The summed E-state index contributed by atoms with van der Waals surface area (Å²) in [5.41, 5.74) is 11.6. The van der Waals surface area contributed by atoms with Gasteiger partial charge in [-0.25, -0.2) is 9.69 Å². The summed E-state index contributed by atoms with van der Waals surface area (Å²) in [6, 6.07) is 71.1. The molecule has 9 rings (SSSR count). The van der Waals surface area contributed by atoms with Crippen LogP contribution in [-0.4, -0.2) is 0 Å². The van der Waals surface area contributed by atoms with Crippen LogP contribution >= 0.6 is 0 Å². The van der Waals surface area contributed by atoms with Gasteiger partial charge in [0.05, 0.1) is 13.1 Å². The van der Waals surface area contributed by atoms with E-state index >= 15 is 0 Å². The van der Waals surface area contributed by atoms with E-state index in [2.05, 4.69) is 171 Å². The highest BCUT2D eigenvalue weighted by Gasteiger charge is 2.21. The first-order valence-corrected chi connectivity index (χ1v) is 18.5. The maximum absolute atomic E-state index is 7.82. The molecule has 0 aliphatic rings. The van der Waals surface area contributed by atoms with Gasteiger partial charge < -0.3 is 9.80 Å². The molecule has 0 saturated carbocycles. The smallest absolute Gasteiger partial charge is 0.187 e. The summed E-state index contributed by atoms with van der Waals surface area (Å²) in [5, 5.41) is 4.31. The fourth-order valence-corrected chi connectivity index (χ4v) is 7.77. The lowest BCUT2D eigenvalue weighted by Crippen LogP contribution is -2.12. The third-order valence-corrected chi connectivity index (χ3v) is 10.2. The molecule has 4 nitrogen and oxygen atoms in total. The maximum atomic E-state index is 7.82. The molecule has 0 aliphatic heterocycles. The van der Waals surface area contributed by atoms with Gasteiger partial charge in [-0.05, 0) is 129 Å². The highest BCUT2D eigenvalue weighted by atomic mass is 15.2. The standard InChI is InChI=1S/C52H34N4/c1-53-39-18-14-16-37(34-39)51-47-26-12-13-27-48(47)52(38-17-15-19-40(35-38)54-2)50-36-46(32-33-49(50)51)56(43-24-10-5-11-25-43)45-30-28-44(29-31-45)55(41-20-6-3-7-21-41)42-22-8-4-9-23-42/h3-36H. The van der Waals surface area contributed by atoms with E-state index in [1.54, 1.807) is 0 Å². The van der Waals surface area contributed by atoms with Crippen molar-refractivity contribution >= 4 is 67.0 Å². The molecule has 0 aliphatic carbocycles. The van der Waals surface area contributed by atoms with Crippen LogP contribution in [0, 0.1) is 13.1 Å². The molecule has 0 aromatic heterocycles. The number of fused-ring (bicyclic) bond motifs is 2. The van der Waals surface area contributed by atoms with Crippen molar-refractivity contribution in [1.29, 1.82) is 0 Å². The molecular formula is C52H34N4. The molecule has 0 spiro atoms. The summed E-state index contributed by atoms with van der Waals surface area (Å²) in [6.45, 7) is 15.6. The van der Waals surface area contributed by atoms with Crippen LogP contribution in [0.5, 0.6) is 0 Å². The van der Waals surface area contributed by atoms with Gasteiger partial charge >= 0.3 is 0 Å². The topological polar surface area (TPSA) is 15.2 Å². The van der Waals surface area contributed by atoms with Crippen LogP contribution < -0.4 is 9.80 Å². The normalized spacial score (nSPS) is 10.8. The molecule has 0 amide bonds. The second-order valence-corrected chi connectivity index (χ2v) is 13.5. The van der Waals surface area contributed by atoms with E-state index in [1.165, 1.54) is 0 Å². The largest absolute Gasteiger partial charge is 0.311 e. The van der Waals surface area contributed by atoms with Gasteiger partial charge in [-0.15, -0.1) is 0 Å². The van der Waals surface area contributed by atoms with Crippen LogP contribution in [0.25, 0.3) is 53.5 Å². The molecule has 0 N–H and O–H groups in total. The lowest BCUT2D eigenvalue weighted by atomic mass is 9.85. The van der Waals surface area contributed by atoms with Gasteiger partial charge in [-0.1, -0.05) is 121 Å². The third kappa shape index (κ3) is 6.28. The fraction of sp³-hybridized carbons (Fsp3) is 0. The number of hydrogen-bond acceptors (Lipinski definition) is 2. The first kappa shape index (κ1) is 33.9. The quantitative estimate of drug-likeness (QED) is 0.115. The summed E-state index contributed by atoms with van der Waals surface area (Å²) in [7, 11) is 0. The van der Waals surface area contributed by atoms with E-state index in [0.717, 1.165) is 77.9 Å². The first-order chi connectivity index (χ1) is 27.7. The fourth-order valence-electron chi connectivity index (χ4n) is 7.77. The molecule has 0 radical (unpaired) electrons. The number of hydrogen-bond donors (Lipinski definition) is 0. The van der Waals surface area contributed by atoms with Crippen LogP contribution in [-0.2, 0) is 0 Å². The predicted molar refractivity (Wildman–Crippen MR) is 234 cm³/mol. The van der Waals surface area contributed by atoms with Crippen LogP contribution in [0.2, 0.25) is 0 Å². The Morgan fingerprint density at radius 1 is 0.286 bits per heavy atom. The van der Waals surface area contributed by atoms with Gasteiger partial charge in [-0.2, -0.15) is 0 Å². The van der Waals surface area contributed by atoms with Gasteiger partial charge in [0.15, 0.2) is 11.4 Å². The van der Waals surface area contributed by atoms with Crippen molar-refractivity contribution in [2.75, 3.05) is 9.80 Å². The SMILES string of the molecule is [C-]#[N+]c1cccc(-c2c3ccccc3c(-c3cccc([N+]#[C-])c3)c3cc(N(c4ccccc4)c4ccc(N(c5ccccc5)c5ccccc5)cc4)ccc23)c1. The number of anilines is 6. The van der Waals surface area contributed by atoms with Crippen molar-refractivity contribution in [2.45, 2.75) is 0 Å². The van der Waals surface area contributed by atoms with E-state index in [1.807, 2.05) is 54.6 Å². The van der Waals surface area contributed by atoms with Crippen molar-refractivity contribution in [2.24, 2.45) is 0 Å². The molecule has 262 valence electrons. The molecule has 56 heavy (non-hydrogen) atoms. The monoisotopic (exact) mass is 714 g/mol. The first-order valence-electron chi connectivity index (χ1n) is 18.5. The molecule has 0 unspecified atom stereocenters. The maximum Gasteiger partial charge on any atom is 0.187 e. The number of nitrogens with zero attached hydrogens (tertiary/aromatic N) is 4. The average Bonchev–Trinajstić information content (AvgIpc) is 3.27. The van der Waals surface area contributed by atoms with Gasteiger partial charge in [-0.3, -0.25) is 0 Å². The van der Waals surface area contributed by atoms with Crippen molar-refractivity contribution in [3.63, 3.8) is 0 Å².